The third-order valence-corrected chi connectivity index (χ3v) is 5.88. The summed E-state index contributed by atoms with van der Waals surface area (Å²) in [5, 5.41) is 9.51. The van der Waals surface area contributed by atoms with Gasteiger partial charge in [-0.3, -0.25) is 9.59 Å². The highest BCUT2D eigenvalue weighted by molar-refractivity contribution is 5.77. The molecule has 1 saturated heterocycles. The number of carbonyl (C=O) groups is 2. The Morgan fingerprint density at radius 3 is 2.50 bits per heavy atom. The van der Waals surface area contributed by atoms with Gasteiger partial charge >= 0.3 is 5.97 Å². The maximum Gasteiger partial charge on any atom is 0.308 e. The summed E-state index contributed by atoms with van der Waals surface area (Å²) in [6.07, 6.45) is 8.82. The van der Waals surface area contributed by atoms with Gasteiger partial charge in [0.2, 0.25) is 0 Å². The van der Waals surface area contributed by atoms with Crippen LogP contribution in [-0.4, -0.2) is 29.1 Å². The summed E-state index contributed by atoms with van der Waals surface area (Å²) >= 11 is 0. The SMILES string of the molecule is C.CC(=O)C(C)CC1CCCC1O.CC1CC2CCCC2OC1=O. The lowest BCUT2D eigenvalue weighted by Crippen LogP contribution is -2.33. The van der Waals surface area contributed by atoms with Crippen molar-refractivity contribution in [2.45, 2.75) is 91.8 Å². The van der Waals surface area contributed by atoms with Crippen LogP contribution in [0, 0.1) is 23.7 Å². The van der Waals surface area contributed by atoms with E-state index in [1.165, 1.54) is 12.8 Å². The molecule has 1 N–H and O–H groups in total. The quantitative estimate of drug-likeness (QED) is 0.784. The fraction of sp³-hybridized carbons (Fsp3) is 0.900. The topological polar surface area (TPSA) is 63.6 Å². The third-order valence-electron chi connectivity index (χ3n) is 5.88. The predicted octanol–water partition coefficient (Wildman–Crippen LogP) is 4.14. The van der Waals surface area contributed by atoms with Crippen molar-refractivity contribution in [1.82, 2.24) is 0 Å². The highest BCUT2D eigenvalue weighted by Gasteiger charge is 2.38. The van der Waals surface area contributed by atoms with Crippen molar-refractivity contribution in [3.63, 3.8) is 0 Å². The van der Waals surface area contributed by atoms with Crippen LogP contribution in [0.25, 0.3) is 0 Å². The molecule has 1 heterocycles. The van der Waals surface area contributed by atoms with Crippen LogP contribution in [0.1, 0.15) is 79.6 Å². The van der Waals surface area contributed by atoms with Crippen LogP contribution in [0.4, 0.5) is 0 Å². The van der Waals surface area contributed by atoms with Crippen LogP contribution < -0.4 is 0 Å². The minimum Gasteiger partial charge on any atom is -0.462 e. The molecular formula is C20H36O4. The first-order valence-electron chi connectivity index (χ1n) is 9.27. The van der Waals surface area contributed by atoms with E-state index in [2.05, 4.69) is 0 Å². The number of fused-ring (bicyclic) bond motifs is 1. The van der Waals surface area contributed by atoms with Crippen molar-refractivity contribution in [1.29, 1.82) is 0 Å². The zero-order valence-corrected chi connectivity index (χ0v) is 14.8. The Balaban J connectivity index is 0.000000231. The lowest BCUT2D eigenvalue weighted by molar-refractivity contribution is -0.162. The number of Topliss-reactive ketones (excluding diaryl/α,β-unsaturated/α-hetero) is 1. The van der Waals surface area contributed by atoms with Gasteiger partial charge < -0.3 is 9.84 Å². The molecule has 0 amide bonds. The standard InChI is InChI=1S/C10H18O2.C9H14O2.CH4/c1-7(8(2)11)6-9-4-3-5-10(9)12;1-6-5-7-3-2-4-8(7)11-9(6)10;/h7,9-10,12H,3-6H2,1-2H3;6-8H,2-5H2,1H3;1H4. The van der Waals surface area contributed by atoms with Crippen molar-refractivity contribution in [3.8, 4) is 0 Å². The van der Waals surface area contributed by atoms with Gasteiger partial charge in [0.05, 0.1) is 12.0 Å². The Morgan fingerprint density at radius 1 is 1.25 bits per heavy atom. The molecule has 3 aliphatic rings. The van der Waals surface area contributed by atoms with E-state index in [-0.39, 0.29) is 43.2 Å². The average Bonchev–Trinajstić information content (AvgIpc) is 3.09. The number of rotatable bonds is 3. The summed E-state index contributed by atoms with van der Waals surface area (Å²) in [7, 11) is 0. The maximum atomic E-state index is 11.1. The van der Waals surface area contributed by atoms with E-state index in [0.29, 0.717) is 11.8 Å². The molecule has 3 fully saturated rings. The van der Waals surface area contributed by atoms with Crippen molar-refractivity contribution >= 4 is 11.8 Å². The number of aliphatic hydroxyl groups is 1. The number of hydrogen-bond donors (Lipinski definition) is 1. The molecule has 6 atom stereocenters. The Bertz CT molecular complexity index is 420. The third kappa shape index (κ3) is 5.58. The molecule has 0 radical (unpaired) electrons. The van der Waals surface area contributed by atoms with Gasteiger partial charge in [0, 0.05) is 5.92 Å². The number of ketones is 1. The summed E-state index contributed by atoms with van der Waals surface area (Å²) < 4.78 is 5.28. The second-order valence-electron chi connectivity index (χ2n) is 7.81. The number of hydrogen-bond acceptors (Lipinski definition) is 4. The number of ether oxygens (including phenoxy) is 1. The second kappa shape index (κ2) is 9.55. The van der Waals surface area contributed by atoms with E-state index in [1.54, 1.807) is 6.92 Å². The fourth-order valence-electron chi connectivity index (χ4n) is 4.16. The van der Waals surface area contributed by atoms with Crippen LogP contribution in [0.5, 0.6) is 0 Å². The van der Waals surface area contributed by atoms with Gasteiger partial charge in [-0.1, -0.05) is 27.7 Å². The average molecular weight is 341 g/mol. The summed E-state index contributed by atoms with van der Waals surface area (Å²) in [4.78, 5) is 22.1. The molecule has 2 saturated carbocycles. The maximum absolute atomic E-state index is 11.1. The number of carbonyl (C=O) groups excluding carboxylic acids is 2. The van der Waals surface area contributed by atoms with Crippen molar-refractivity contribution in [3.05, 3.63) is 0 Å². The zero-order chi connectivity index (χ0) is 17.0. The summed E-state index contributed by atoms with van der Waals surface area (Å²) in [6, 6.07) is 0. The monoisotopic (exact) mass is 340 g/mol. The summed E-state index contributed by atoms with van der Waals surface area (Å²) in [5.74, 6) is 1.60. The van der Waals surface area contributed by atoms with Crippen molar-refractivity contribution in [2.75, 3.05) is 0 Å². The van der Waals surface area contributed by atoms with Gasteiger partial charge in [-0.2, -0.15) is 0 Å². The lowest BCUT2D eigenvalue weighted by Gasteiger charge is -2.28. The molecule has 140 valence electrons. The largest absolute Gasteiger partial charge is 0.462 e. The molecule has 3 rings (SSSR count). The van der Waals surface area contributed by atoms with Crippen molar-refractivity contribution in [2.24, 2.45) is 23.7 Å². The smallest absolute Gasteiger partial charge is 0.308 e. The first-order chi connectivity index (χ1) is 10.9. The molecule has 24 heavy (non-hydrogen) atoms. The van der Waals surface area contributed by atoms with Crippen LogP contribution >= 0.6 is 0 Å². The first kappa shape index (κ1) is 21.1. The highest BCUT2D eigenvalue weighted by Crippen LogP contribution is 2.37. The van der Waals surface area contributed by atoms with E-state index < -0.39 is 0 Å². The second-order valence-corrected chi connectivity index (χ2v) is 7.81. The van der Waals surface area contributed by atoms with E-state index >= 15 is 0 Å². The molecule has 0 aromatic rings. The fourth-order valence-corrected chi connectivity index (χ4v) is 4.16. The van der Waals surface area contributed by atoms with Gasteiger partial charge in [-0.05, 0) is 63.7 Å². The molecule has 1 aliphatic heterocycles. The summed E-state index contributed by atoms with van der Waals surface area (Å²) in [6.45, 7) is 5.55. The van der Waals surface area contributed by atoms with Gasteiger partial charge in [0.25, 0.3) is 0 Å². The molecule has 4 heteroatoms. The molecule has 4 nitrogen and oxygen atoms in total. The van der Waals surface area contributed by atoms with E-state index in [4.69, 9.17) is 4.74 Å². The molecule has 0 spiro atoms. The van der Waals surface area contributed by atoms with Gasteiger partial charge in [0.1, 0.15) is 11.9 Å². The van der Waals surface area contributed by atoms with Crippen LogP contribution in [0.3, 0.4) is 0 Å². The normalized spacial score (nSPS) is 35.8. The Labute approximate surface area is 147 Å². The minimum absolute atomic E-state index is 0. The van der Waals surface area contributed by atoms with Gasteiger partial charge in [-0.15, -0.1) is 0 Å². The first-order valence-corrected chi connectivity index (χ1v) is 9.27. The van der Waals surface area contributed by atoms with Crippen molar-refractivity contribution < 1.29 is 19.4 Å². The lowest BCUT2D eigenvalue weighted by atomic mass is 9.90. The zero-order valence-electron chi connectivity index (χ0n) is 14.8. The Morgan fingerprint density at radius 2 is 1.92 bits per heavy atom. The van der Waals surface area contributed by atoms with E-state index in [0.717, 1.165) is 38.5 Å². The van der Waals surface area contributed by atoms with E-state index in [9.17, 15) is 14.7 Å². The number of esters is 1. The molecule has 6 unspecified atom stereocenters. The molecule has 0 aromatic carbocycles. The van der Waals surface area contributed by atoms with Gasteiger partial charge in [-0.25, -0.2) is 0 Å². The van der Waals surface area contributed by atoms with Gasteiger partial charge in [0.15, 0.2) is 0 Å². The Hall–Kier alpha value is -0.900. The van der Waals surface area contributed by atoms with Crippen LogP contribution in [-0.2, 0) is 14.3 Å². The molecular weight excluding hydrogens is 304 g/mol. The highest BCUT2D eigenvalue weighted by atomic mass is 16.5. The van der Waals surface area contributed by atoms with E-state index in [1.807, 2.05) is 13.8 Å². The van der Waals surface area contributed by atoms with Crippen LogP contribution in [0.15, 0.2) is 0 Å². The summed E-state index contributed by atoms with van der Waals surface area (Å²) in [5.41, 5.74) is 0. The molecule has 2 aliphatic carbocycles. The number of aliphatic hydroxyl groups excluding tert-OH is 1. The molecule has 0 bridgehead atoms. The Kier molecular flexibility index (Phi) is 8.41. The van der Waals surface area contributed by atoms with Crippen LogP contribution in [0.2, 0.25) is 0 Å². The molecule has 0 aromatic heterocycles. The minimum atomic E-state index is -0.146. The predicted molar refractivity (Wildman–Crippen MR) is 95.5 cm³/mol.